The number of aliphatic hydroxyl groups is 1. The Balaban J connectivity index is 1.86. The second-order valence-corrected chi connectivity index (χ2v) is 9.33. The lowest BCUT2D eigenvalue weighted by Crippen LogP contribution is -2.27. The molecular weight excluding hydrogens is 422 g/mol. The Morgan fingerprint density at radius 1 is 1.32 bits per heavy atom. The molecule has 28 heavy (non-hydrogen) atoms. The number of fused-ring (bicyclic) bond motifs is 2. The molecule has 1 aliphatic rings. The molecule has 1 atom stereocenters. The van der Waals surface area contributed by atoms with Gasteiger partial charge in [0.2, 0.25) is 0 Å². The zero-order valence-electron chi connectivity index (χ0n) is 16.3. The van der Waals surface area contributed by atoms with Gasteiger partial charge < -0.3 is 9.84 Å². The first-order valence-electron chi connectivity index (χ1n) is 9.19. The number of pyridine rings is 1. The molecule has 1 aromatic carbocycles. The van der Waals surface area contributed by atoms with E-state index in [0.717, 1.165) is 33.0 Å². The highest BCUT2D eigenvalue weighted by Crippen LogP contribution is 2.39. The van der Waals surface area contributed by atoms with Gasteiger partial charge in [0.05, 0.1) is 5.60 Å². The fourth-order valence-corrected chi connectivity index (χ4v) is 3.94. The molecule has 4 rings (SSSR count). The van der Waals surface area contributed by atoms with Crippen LogP contribution in [0.4, 0.5) is 4.79 Å². The summed E-state index contributed by atoms with van der Waals surface area (Å²) in [6.07, 6.45) is 2.58. The van der Waals surface area contributed by atoms with Crippen molar-refractivity contribution in [2.24, 2.45) is 0 Å². The number of nitrogens with zero attached hydrogens (tertiary/aromatic N) is 3. The highest BCUT2D eigenvalue weighted by Gasteiger charge is 2.32. The average Bonchev–Trinajstić information content (AvgIpc) is 3.11. The fraction of sp³-hybridized carbons (Fsp3) is 0.381. The molecule has 0 spiro atoms. The van der Waals surface area contributed by atoms with Crippen LogP contribution in [0.2, 0.25) is 0 Å². The molecular formula is C21H22BrN3O3. The van der Waals surface area contributed by atoms with E-state index in [1.54, 1.807) is 6.20 Å². The predicted octanol–water partition coefficient (Wildman–Crippen LogP) is 4.80. The van der Waals surface area contributed by atoms with E-state index in [4.69, 9.17) is 4.74 Å². The van der Waals surface area contributed by atoms with E-state index < -0.39 is 17.3 Å². The van der Waals surface area contributed by atoms with Gasteiger partial charge in [-0.05, 0) is 79.7 Å². The van der Waals surface area contributed by atoms with Crippen LogP contribution in [0.3, 0.4) is 0 Å². The molecule has 0 saturated carbocycles. The molecule has 3 aromatic rings. The number of halogens is 1. The molecule has 1 aliphatic carbocycles. The summed E-state index contributed by atoms with van der Waals surface area (Å²) in [5.41, 5.74) is 2.60. The third-order valence-corrected chi connectivity index (χ3v) is 5.33. The van der Waals surface area contributed by atoms with Gasteiger partial charge in [0.15, 0.2) is 5.65 Å². The first-order chi connectivity index (χ1) is 13.0. The van der Waals surface area contributed by atoms with Crippen molar-refractivity contribution < 1.29 is 14.6 Å². The number of carbonyl (C=O) groups excluding carboxylic acids is 1. The smallest absolute Gasteiger partial charge is 0.437 e. The number of carbonyl (C=O) groups is 1. The minimum atomic E-state index is -0.795. The van der Waals surface area contributed by atoms with E-state index in [2.05, 4.69) is 26.0 Å². The fourth-order valence-electron chi connectivity index (χ4n) is 3.61. The number of aromatic nitrogens is 3. The van der Waals surface area contributed by atoms with Gasteiger partial charge >= 0.3 is 6.09 Å². The summed E-state index contributed by atoms with van der Waals surface area (Å²) in [5, 5.41) is 15.8. The summed E-state index contributed by atoms with van der Waals surface area (Å²) in [6, 6.07) is 7.82. The van der Waals surface area contributed by atoms with Gasteiger partial charge in [-0.2, -0.15) is 5.10 Å². The largest absolute Gasteiger partial charge is 0.442 e. The Bertz CT molecular complexity index is 1100. The zero-order valence-corrected chi connectivity index (χ0v) is 17.9. The van der Waals surface area contributed by atoms with Gasteiger partial charge in [0.25, 0.3) is 0 Å². The summed E-state index contributed by atoms with van der Waals surface area (Å²) in [6.45, 7) is 7.28. The molecule has 1 unspecified atom stereocenters. The standard InChI is InChI=1S/C21H22BrN3O3/c1-20(2,3)28-19(26)25-18-15(10-14(22)11-23-18)17(24-25)13-5-6-16-12(9-13)7-8-21(16,4)27/h5-6,9-11,27H,7-8H2,1-4H3. The highest BCUT2D eigenvalue weighted by molar-refractivity contribution is 9.10. The molecule has 0 saturated heterocycles. The van der Waals surface area contributed by atoms with Crippen LogP contribution in [-0.2, 0) is 16.8 Å². The maximum Gasteiger partial charge on any atom is 0.437 e. The maximum absolute atomic E-state index is 12.7. The molecule has 0 fully saturated rings. The third kappa shape index (κ3) is 3.33. The first kappa shape index (κ1) is 19.1. The van der Waals surface area contributed by atoms with E-state index in [1.165, 1.54) is 4.68 Å². The van der Waals surface area contributed by atoms with Crippen LogP contribution >= 0.6 is 15.9 Å². The van der Waals surface area contributed by atoms with Crippen LogP contribution in [0.1, 0.15) is 45.2 Å². The molecule has 2 aromatic heterocycles. The van der Waals surface area contributed by atoms with Crippen molar-refractivity contribution in [3.63, 3.8) is 0 Å². The molecule has 0 radical (unpaired) electrons. The summed E-state index contributed by atoms with van der Waals surface area (Å²) in [4.78, 5) is 17.1. The van der Waals surface area contributed by atoms with Gasteiger partial charge in [-0.1, -0.05) is 12.1 Å². The van der Waals surface area contributed by atoms with Crippen LogP contribution < -0.4 is 0 Å². The van der Waals surface area contributed by atoms with Crippen molar-refractivity contribution in [2.45, 2.75) is 51.7 Å². The summed E-state index contributed by atoms with van der Waals surface area (Å²) in [5.74, 6) is 0. The Kier molecular flexibility index (Phi) is 4.35. The number of hydrogen-bond acceptors (Lipinski definition) is 5. The number of rotatable bonds is 1. The first-order valence-corrected chi connectivity index (χ1v) is 9.98. The summed E-state index contributed by atoms with van der Waals surface area (Å²) >= 11 is 3.45. The number of hydrogen-bond donors (Lipinski definition) is 1. The van der Waals surface area contributed by atoms with Gasteiger partial charge in [0, 0.05) is 21.6 Å². The highest BCUT2D eigenvalue weighted by atomic mass is 79.9. The molecule has 0 amide bonds. The number of ether oxygens (including phenoxy) is 1. The minimum absolute atomic E-state index is 0.444. The molecule has 0 aliphatic heterocycles. The second kappa shape index (κ2) is 6.39. The maximum atomic E-state index is 12.7. The molecule has 0 bridgehead atoms. The van der Waals surface area contributed by atoms with E-state index in [1.807, 2.05) is 52.0 Å². The van der Waals surface area contributed by atoms with Crippen molar-refractivity contribution in [1.29, 1.82) is 0 Å². The topological polar surface area (TPSA) is 77.2 Å². The average molecular weight is 444 g/mol. The molecule has 7 heteroatoms. The monoisotopic (exact) mass is 443 g/mol. The van der Waals surface area contributed by atoms with Crippen LogP contribution in [0.15, 0.2) is 34.9 Å². The predicted molar refractivity (Wildman–Crippen MR) is 110 cm³/mol. The second-order valence-electron chi connectivity index (χ2n) is 8.41. The van der Waals surface area contributed by atoms with Crippen LogP contribution in [0, 0.1) is 0 Å². The van der Waals surface area contributed by atoms with Gasteiger partial charge in [-0.3, -0.25) is 0 Å². The molecule has 146 valence electrons. The lowest BCUT2D eigenvalue weighted by atomic mass is 9.96. The Morgan fingerprint density at radius 3 is 2.79 bits per heavy atom. The van der Waals surface area contributed by atoms with Gasteiger partial charge in [-0.25, -0.2) is 9.78 Å². The van der Waals surface area contributed by atoms with Crippen molar-refractivity contribution in [1.82, 2.24) is 14.8 Å². The molecule has 1 N–H and O–H groups in total. The van der Waals surface area contributed by atoms with Crippen molar-refractivity contribution >= 4 is 33.1 Å². The van der Waals surface area contributed by atoms with Crippen molar-refractivity contribution in [2.75, 3.05) is 0 Å². The number of aryl methyl sites for hydroxylation is 1. The lowest BCUT2D eigenvalue weighted by Gasteiger charge is -2.18. The molecule has 6 nitrogen and oxygen atoms in total. The van der Waals surface area contributed by atoms with Gasteiger partial charge in [-0.15, -0.1) is 4.68 Å². The van der Waals surface area contributed by atoms with Gasteiger partial charge in [0.1, 0.15) is 11.3 Å². The van der Waals surface area contributed by atoms with E-state index >= 15 is 0 Å². The summed E-state index contributed by atoms with van der Waals surface area (Å²) < 4.78 is 7.50. The molecule has 2 heterocycles. The van der Waals surface area contributed by atoms with Crippen LogP contribution in [-0.4, -0.2) is 31.6 Å². The SMILES string of the molecule is CC(C)(C)OC(=O)n1nc(-c2ccc3c(c2)CCC3(C)O)c2cc(Br)cnc21. The Hall–Kier alpha value is -2.25. The van der Waals surface area contributed by atoms with Crippen LogP contribution in [0.5, 0.6) is 0 Å². The third-order valence-electron chi connectivity index (χ3n) is 4.90. The van der Waals surface area contributed by atoms with Crippen LogP contribution in [0.25, 0.3) is 22.3 Å². The van der Waals surface area contributed by atoms with Crippen molar-refractivity contribution in [3.05, 3.63) is 46.1 Å². The summed E-state index contributed by atoms with van der Waals surface area (Å²) in [7, 11) is 0. The van der Waals surface area contributed by atoms with E-state index in [9.17, 15) is 9.90 Å². The Labute approximate surface area is 171 Å². The zero-order chi connectivity index (χ0) is 20.3. The van der Waals surface area contributed by atoms with E-state index in [0.29, 0.717) is 17.8 Å². The van der Waals surface area contributed by atoms with E-state index in [-0.39, 0.29) is 0 Å². The number of benzene rings is 1. The Morgan fingerprint density at radius 2 is 2.07 bits per heavy atom. The van der Waals surface area contributed by atoms with Crippen molar-refractivity contribution in [3.8, 4) is 11.3 Å². The quantitative estimate of drug-likeness (QED) is 0.584. The normalized spacial score (nSPS) is 19.1. The minimum Gasteiger partial charge on any atom is -0.442 e. The lowest BCUT2D eigenvalue weighted by molar-refractivity contribution is 0.0521.